The Balaban J connectivity index is 2.32. The van der Waals surface area contributed by atoms with Crippen molar-refractivity contribution in [1.29, 1.82) is 0 Å². The molecule has 0 saturated heterocycles. The molecule has 2 unspecified atom stereocenters. The number of nitrogens with one attached hydrogen (secondary N) is 1. The maximum atomic E-state index is 12.4. The molecule has 5 nitrogen and oxygen atoms in total. The number of hydrogen-bond donors (Lipinski definition) is 2. The molecule has 0 aliphatic heterocycles. The van der Waals surface area contributed by atoms with Gasteiger partial charge in [-0.1, -0.05) is 32.4 Å². The Morgan fingerprint density at radius 2 is 2.05 bits per heavy atom. The first-order valence-corrected chi connectivity index (χ1v) is 6.92. The molecule has 1 aromatic carbocycles. The highest BCUT2D eigenvalue weighted by molar-refractivity contribution is 6.07. The van der Waals surface area contributed by atoms with Crippen molar-refractivity contribution in [2.24, 2.45) is 5.92 Å². The quantitative estimate of drug-likeness (QED) is 0.885. The molecule has 0 aliphatic carbocycles. The summed E-state index contributed by atoms with van der Waals surface area (Å²) in [6, 6.07) is 7.89. The lowest BCUT2D eigenvalue weighted by molar-refractivity contribution is -0.140. The van der Waals surface area contributed by atoms with E-state index in [2.05, 4.69) is 10.3 Å². The minimum atomic E-state index is -1.02. The van der Waals surface area contributed by atoms with Gasteiger partial charge in [0.1, 0.15) is 6.04 Å². The zero-order chi connectivity index (χ0) is 15.4. The van der Waals surface area contributed by atoms with E-state index in [1.165, 1.54) is 0 Å². The summed E-state index contributed by atoms with van der Waals surface area (Å²) >= 11 is 0. The monoisotopic (exact) mass is 286 g/mol. The standard InChI is InChI=1S/C16H18N2O3/c1-3-10(2)14(16(20)21)18-15(19)12-6-4-8-13-11(12)7-5-9-17-13/h4-10,14H,3H2,1-2H3,(H,18,19)(H,20,21). The zero-order valence-corrected chi connectivity index (χ0v) is 12.0. The molecule has 2 aromatic rings. The summed E-state index contributed by atoms with van der Waals surface area (Å²) in [5.41, 5.74) is 1.15. The summed E-state index contributed by atoms with van der Waals surface area (Å²) in [6.45, 7) is 3.71. The average molecular weight is 286 g/mol. The molecule has 0 fully saturated rings. The molecule has 110 valence electrons. The first-order valence-electron chi connectivity index (χ1n) is 6.92. The van der Waals surface area contributed by atoms with E-state index >= 15 is 0 Å². The van der Waals surface area contributed by atoms with Crippen LogP contribution in [0.3, 0.4) is 0 Å². The molecular formula is C16H18N2O3. The third-order valence-corrected chi connectivity index (χ3v) is 3.66. The summed E-state index contributed by atoms with van der Waals surface area (Å²) in [5.74, 6) is -1.54. The van der Waals surface area contributed by atoms with Gasteiger partial charge in [-0.2, -0.15) is 0 Å². The Hall–Kier alpha value is -2.43. The van der Waals surface area contributed by atoms with Gasteiger partial charge >= 0.3 is 5.97 Å². The molecule has 0 spiro atoms. The molecular weight excluding hydrogens is 268 g/mol. The predicted octanol–water partition coefficient (Wildman–Crippen LogP) is 2.46. The highest BCUT2D eigenvalue weighted by Gasteiger charge is 2.26. The number of carboxylic acid groups (broad SMARTS) is 1. The van der Waals surface area contributed by atoms with Gasteiger partial charge in [0.2, 0.25) is 0 Å². The number of carbonyl (C=O) groups is 2. The number of pyridine rings is 1. The van der Waals surface area contributed by atoms with Crippen LogP contribution in [-0.2, 0) is 4.79 Å². The van der Waals surface area contributed by atoms with E-state index in [1.807, 2.05) is 19.9 Å². The van der Waals surface area contributed by atoms with E-state index in [0.717, 1.165) is 0 Å². The maximum absolute atomic E-state index is 12.4. The number of nitrogens with zero attached hydrogens (tertiary/aromatic N) is 1. The van der Waals surface area contributed by atoms with Crippen LogP contribution in [0.15, 0.2) is 36.5 Å². The highest BCUT2D eigenvalue weighted by atomic mass is 16.4. The summed E-state index contributed by atoms with van der Waals surface area (Å²) in [6.07, 6.45) is 2.33. The summed E-state index contributed by atoms with van der Waals surface area (Å²) < 4.78 is 0. The third kappa shape index (κ3) is 3.18. The van der Waals surface area contributed by atoms with E-state index in [-0.39, 0.29) is 11.8 Å². The Bertz CT molecular complexity index is 664. The third-order valence-electron chi connectivity index (χ3n) is 3.66. The minimum Gasteiger partial charge on any atom is -0.480 e. The van der Waals surface area contributed by atoms with Crippen LogP contribution in [0.1, 0.15) is 30.6 Å². The molecule has 0 aliphatic rings. The van der Waals surface area contributed by atoms with Gasteiger partial charge in [0, 0.05) is 17.1 Å². The van der Waals surface area contributed by atoms with Crippen LogP contribution in [0.4, 0.5) is 0 Å². The number of benzene rings is 1. The van der Waals surface area contributed by atoms with Crippen LogP contribution < -0.4 is 5.32 Å². The fourth-order valence-electron chi connectivity index (χ4n) is 2.20. The van der Waals surface area contributed by atoms with Gasteiger partial charge in [0.25, 0.3) is 5.91 Å². The molecule has 1 heterocycles. The number of hydrogen-bond acceptors (Lipinski definition) is 3. The Labute approximate surface area is 123 Å². The molecule has 0 radical (unpaired) electrons. The number of fused-ring (bicyclic) bond motifs is 1. The molecule has 1 aromatic heterocycles. The van der Waals surface area contributed by atoms with Gasteiger partial charge < -0.3 is 10.4 Å². The number of rotatable bonds is 5. The molecule has 1 amide bonds. The number of carbonyl (C=O) groups excluding carboxylic acids is 1. The second-order valence-electron chi connectivity index (χ2n) is 5.05. The lowest BCUT2D eigenvalue weighted by atomic mass is 9.98. The van der Waals surface area contributed by atoms with Crippen molar-refractivity contribution in [3.63, 3.8) is 0 Å². The van der Waals surface area contributed by atoms with E-state index in [9.17, 15) is 14.7 Å². The largest absolute Gasteiger partial charge is 0.480 e. The van der Waals surface area contributed by atoms with E-state index in [0.29, 0.717) is 22.9 Å². The van der Waals surface area contributed by atoms with Gasteiger partial charge in [-0.15, -0.1) is 0 Å². The van der Waals surface area contributed by atoms with Crippen LogP contribution in [0.2, 0.25) is 0 Å². The second-order valence-corrected chi connectivity index (χ2v) is 5.05. The summed E-state index contributed by atoms with van der Waals surface area (Å²) in [5, 5.41) is 12.6. The SMILES string of the molecule is CCC(C)C(NC(=O)c1cccc2ncccc12)C(=O)O. The number of aliphatic carboxylic acids is 1. The fourth-order valence-corrected chi connectivity index (χ4v) is 2.20. The maximum Gasteiger partial charge on any atom is 0.326 e. The second kappa shape index (κ2) is 6.35. The Morgan fingerprint density at radius 3 is 2.71 bits per heavy atom. The van der Waals surface area contributed by atoms with Crippen molar-refractivity contribution < 1.29 is 14.7 Å². The number of amides is 1. The van der Waals surface area contributed by atoms with Crippen LogP contribution in [0.5, 0.6) is 0 Å². The topological polar surface area (TPSA) is 79.3 Å². The van der Waals surface area contributed by atoms with Crippen molar-refractivity contribution in [2.75, 3.05) is 0 Å². The Morgan fingerprint density at radius 1 is 1.29 bits per heavy atom. The van der Waals surface area contributed by atoms with Crippen molar-refractivity contribution in [3.8, 4) is 0 Å². The molecule has 21 heavy (non-hydrogen) atoms. The molecule has 0 bridgehead atoms. The van der Waals surface area contributed by atoms with Crippen molar-refractivity contribution >= 4 is 22.8 Å². The van der Waals surface area contributed by atoms with Gasteiger partial charge in [0.15, 0.2) is 0 Å². The summed E-state index contributed by atoms with van der Waals surface area (Å²) in [4.78, 5) is 27.9. The van der Waals surface area contributed by atoms with E-state index in [1.54, 1.807) is 30.5 Å². The predicted molar refractivity (Wildman–Crippen MR) is 80.1 cm³/mol. The number of aromatic nitrogens is 1. The highest BCUT2D eigenvalue weighted by Crippen LogP contribution is 2.17. The van der Waals surface area contributed by atoms with Crippen molar-refractivity contribution in [2.45, 2.75) is 26.3 Å². The van der Waals surface area contributed by atoms with Gasteiger partial charge in [0.05, 0.1) is 5.52 Å². The average Bonchev–Trinajstić information content (AvgIpc) is 2.50. The van der Waals surface area contributed by atoms with E-state index < -0.39 is 12.0 Å². The fraction of sp³-hybridized carbons (Fsp3) is 0.312. The van der Waals surface area contributed by atoms with Gasteiger partial charge in [-0.3, -0.25) is 9.78 Å². The smallest absolute Gasteiger partial charge is 0.326 e. The molecule has 2 atom stereocenters. The lowest BCUT2D eigenvalue weighted by Crippen LogP contribution is -2.45. The molecule has 5 heteroatoms. The van der Waals surface area contributed by atoms with Crippen LogP contribution in [0, 0.1) is 5.92 Å². The molecule has 2 N–H and O–H groups in total. The van der Waals surface area contributed by atoms with Crippen LogP contribution in [-0.4, -0.2) is 28.0 Å². The molecule has 2 rings (SSSR count). The van der Waals surface area contributed by atoms with Crippen LogP contribution >= 0.6 is 0 Å². The normalized spacial score (nSPS) is 13.6. The minimum absolute atomic E-state index is 0.139. The van der Waals surface area contributed by atoms with Crippen molar-refractivity contribution in [1.82, 2.24) is 10.3 Å². The van der Waals surface area contributed by atoms with Crippen molar-refractivity contribution in [3.05, 3.63) is 42.1 Å². The Kier molecular flexibility index (Phi) is 4.52. The molecule has 0 saturated carbocycles. The summed E-state index contributed by atoms with van der Waals surface area (Å²) in [7, 11) is 0. The van der Waals surface area contributed by atoms with Gasteiger partial charge in [-0.25, -0.2) is 4.79 Å². The lowest BCUT2D eigenvalue weighted by Gasteiger charge is -2.20. The first kappa shape index (κ1) is 15.0. The van der Waals surface area contributed by atoms with Gasteiger partial charge in [-0.05, 0) is 24.1 Å². The first-order chi connectivity index (χ1) is 10.0. The van der Waals surface area contributed by atoms with E-state index in [4.69, 9.17) is 0 Å². The zero-order valence-electron chi connectivity index (χ0n) is 12.0. The number of carboxylic acids is 1. The van der Waals surface area contributed by atoms with Crippen LogP contribution in [0.25, 0.3) is 10.9 Å².